The van der Waals surface area contributed by atoms with Gasteiger partial charge in [-0.1, -0.05) is 24.3 Å². The van der Waals surface area contributed by atoms with Gasteiger partial charge in [0, 0.05) is 28.4 Å². The van der Waals surface area contributed by atoms with E-state index in [-0.39, 0.29) is 17.4 Å². The standard InChI is InChI=1S/C20H21N3O3S/c1-2-23-18-6-4-3-5-16(18)17-11-14(7-8-19(17)23)12-21-22-20(24)15-9-10-27(25,26)13-15/h3-8,11-12,15H,2,9-10,13H2,1H3,(H,22,24)/b21-12-/t15-/m1/s1. The quantitative estimate of drug-likeness (QED) is 0.556. The SMILES string of the molecule is CCn1c2ccccc2c2cc(/C=N\NC(=O)[C@@H]3CCS(=O)(=O)C3)ccc21. The lowest BCUT2D eigenvalue weighted by Gasteiger charge is -2.05. The van der Waals surface area contributed by atoms with Crippen molar-refractivity contribution in [2.24, 2.45) is 11.0 Å². The number of carbonyl (C=O) groups is 1. The molecule has 0 spiro atoms. The Labute approximate surface area is 157 Å². The molecule has 27 heavy (non-hydrogen) atoms. The van der Waals surface area contributed by atoms with Crippen LogP contribution in [0, 0.1) is 5.92 Å². The first-order valence-corrected chi connectivity index (χ1v) is 10.8. The maximum atomic E-state index is 12.1. The lowest BCUT2D eigenvalue weighted by Crippen LogP contribution is -2.27. The molecule has 0 aliphatic carbocycles. The second-order valence-electron chi connectivity index (χ2n) is 6.87. The number of benzene rings is 2. The summed E-state index contributed by atoms with van der Waals surface area (Å²) in [5, 5.41) is 6.35. The number of carbonyl (C=O) groups excluding carboxylic acids is 1. The minimum atomic E-state index is -3.08. The number of hydrogen-bond donors (Lipinski definition) is 1. The van der Waals surface area contributed by atoms with Crippen molar-refractivity contribution < 1.29 is 13.2 Å². The van der Waals surface area contributed by atoms with Crippen LogP contribution < -0.4 is 5.43 Å². The number of rotatable bonds is 4. The number of hydrogen-bond acceptors (Lipinski definition) is 4. The first-order valence-electron chi connectivity index (χ1n) is 9.03. The van der Waals surface area contributed by atoms with Crippen molar-refractivity contribution in [3.8, 4) is 0 Å². The largest absolute Gasteiger partial charge is 0.341 e. The van der Waals surface area contributed by atoms with Crippen molar-refractivity contribution in [2.75, 3.05) is 11.5 Å². The summed E-state index contributed by atoms with van der Waals surface area (Å²) in [6.07, 6.45) is 1.96. The molecule has 0 unspecified atom stereocenters. The zero-order valence-corrected chi connectivity index (χ0v) is 15.9. The summed E-state index contributed by atoms with van der Waals surface area (Å²) >= 11 is 0. The zero-order chi connectivity index (χ0) is 19.0. The van der Waals surface area contributed by atoms with Crippen LogP contribution in [0.2, 0.25) is 0 Å². The highest BCUT2D eigenvalue weighted by molar-refractivity contribution is 7.91. The maximum Gasteiger partial charge on any atom is 0.244 e. The van der Waals surface area contributed by atoms with E-state index in [0.29, 0.717) is 6.42 Å². The smallest absolute Gasteiger partial charge is 0.244 e. The van der Waals surface area contributed by atoms with Crippen LogP contribution in [0.3, 0.4) is 0 Å². The molecular weight excluding hydrogens is 362 g/mol. The summed E-state index contributed by atoms with van der Waals surface area (Å²) < 4.78 is 25.2. The molecule has 6 nitrogen and oxygen atoms in total. The van der Waals surface area contributed by atoms with Crippen LogP contribution in [0.15, 0.2) is 47.6 Å². The van der Waals surface area contributed by atoms with Gasteiger partial charge in [-0.25, -0.2) is 13.8 Å². The van der Waals surface area contributed by atoms with Crippen LogP contribution in [0.25, 0.3) is 21.8 Å². The molecule has 1 amide bonds. The lowest BCUT2D eigenvalue weighted by atomic mass is 10.1. The molecule has 1 saturated heterocycles. The molecule has 1 aromatic heterocycles. The van der Waals surface area contributed by atoms with E-state index in [9.17, 15) is 13.2 Å². The van der Waals surface area contributed by atoms with E-state index >= 15 is 0 Å². The molecule has 1 fully saturated rings. The average molecular weight is 383 g/mol. The zero-order valence-electron chi connectivity index (χ0n) is 15.1. The monoisotopic (exact) mass is 383 g/mol. The topological polar surface area (TPSA) is 80.5 Å². The molecule has 3 aromatic rings. The molecule has 7 heteroatoms. The Bertz CT molecular complexity index is 1160. The molecular formula is C20H21N3O3S. The Morgan fingerprint density at radius 2 is 2.00 bits per heavy atom. The molecule has 1 atom stereocenters. The number of fused-ring (bicyclic) bond motifs is 3. The fraction of sp³-hybridized carbons (Fsp3) is 0.300. The molecule has 0 radical (unpaired) electrons. The molecule has 0 bridgehead atoms. The van der Waals surface area contributed by atoms with E-state index < -0.39 is 15.8 Å². The van der Waals surface area contributed by atoms with E-state index in [1.165, 1.54) is 10.9 Å². The van der Waals surface area contributed by atoms with Gasteiger partial charge in [0.05, 0.1) is 23.6 Å². The van der Waals surface area contributed by atoms with Crippen LogP contribution in [0.4, 0.5) is 0 Å². The van der Waals surface area contributed by atoms with Crippen LogP contribution in [0.5, 0.6) is 0 Å². The van der Waals surface area contributed by atoms with Crippen molar-refractivity contribution in [2.45, 2.75) is 19.9 Å². The van der Waals surface area contributed by atoms with Crippen molar-refractivity contribution in [3.05, 3.63) is 48.0 Å². The summed E-state index contributed by atoms with van der Waals surface area (Å²) in [6.45, 7) is 3.01. The number of aromatic nitrogens is 1. The fourth-order valence-electron chi connectivity index (χ4n) is 3.76. The summed E-state index contributed by atoms with van der Waals surface area (Å²) in [4.78, 5) is 12.1. The van der Waals surface area contributed by atoms with Crippen LogP contribution in [-0.2, 0) is 21.2 Å². The minimum absolute atomic E-state index is 0.0763. The average Bonchev–Trinajstić information content (AvgIpc) is 3.18. The fourth-order valence-corrected chi connectivity index (χ4v) is 5.50. The van der Waals surface area contributed by atoms with Crippen molar-refractivity contribution in [1.29, 1.82) is 0 Å². The second-order valence-corrected chi connectivity index (χ2v) is 9.10. The van der Waals surface area contributed by atoms with E-state index in [1.807, 2.05) is 18.2 Å². The van der Waals surface area contributed by atoms with Gasteiger partial charge in [0.2, 0.25) is 5.91 Å². The predicted octanol–water partition coefficient (Wildman–Crippen LogP) is 2.70. The molecule has 2 aromatic carbocycles. The van der Waals surface area contributed by atoms with Gasteiger partial charge in [-0.05, 0) is 37.1 Å². The van der Waals surface area contributed by atoms with E-state index in [1.54, 1.807) is 6.21 Å². The van der Waals surface area contributed by atoms with Gasteiger partial charge in [0.25, 0.3) is 0 Å². The van der Waals surface area contributed by atoms with Crippen molar-refractivity contribution in [1.82, 2.24) is 9.99 Å². The van der Waals surface area contributed by atoms with Gasteiger partial charge >= 0.3 is 0 Å². The lowest BCUT2D eigenvalue weighted by molar-refractivity contribution is -0.124. The summed E-state index contributed by atoms with van der Waals surface area (Å²) in [7, 11) is -3.08. The number of para-hydroxylation sites is 1. The third kappa shape index (κ3) is 3.35. The number of nitrogens with zero attached hydrogens (tertiary/aromatic N) is 2. The molecule has 1 N–H and O–H groups in total. The first-order chi connectivity index (χ1) is 13.0. The minimum Gasteiger partial charge on any atom is -0.341 e. The Kier molecular flexibility index (Phi) is 4.47. The Morgan fingerprint density at radius 1 is 1.22 bits per heavy atom. The summed E-state index contributed by atoms with van der Waals surface area (Å²) in [5.74, 6) is -0.850. The van der Waals surface area contributed by atoms with Gasteiger partial charge in [0.15, 0.2) is 9.84 Å². The second kappa shape index (κ2) is 6.81. The van der Waals surface area contributed by atoms with Gasteiger partial charge in [-0.3, -0.25) is 4.79 Å². The number of hydrazone groups is 1. The van der Waals surface area contributed by atoms with Gasteiger partial charge in [-0.15, -0.1) is 0 Å². The van der Waals surface area contributed by atoms with Gasteiger partial charge < -0.3 is 4.57 Å². The van der Waals surface area contributed by atoms with E-state index in [4.69, 9.17) is 0 Å². The summed E-state index contributed by atoms with van der Waals surface area (Å²) in [5.41, 5.74) is 5.71. The third-order valence-corrected chi connectivity index (χ3v) is 6.87. The Hall–Kier alpha value is -2.67. The maximum absolute atomic E-state index is 12.1. The van der Waals surface area contributed by atoms with Crippen molar-refractivity contribution >= 4 is 43.8 Å². The number of amides is 1. The van der Waals surface area contributed by atoms with Gasteiger partial charge in [-0.2, -0.15) is 5.10 Å². The number of aryl methyl sites for hydroxylation is 1. The van der Waals surface area contributed by atoms with E-state index in [2.05, 4.69) is 46.3 Å². The normalized spacial score (nSPS) is 19.2. The Balaban J connectivity index is 1.57. The molecule has 4 rings (SSSR count). The Morgan fingerprint density at radius 3 is 2.74 bits per heavy atom. The first kappa shape index (κ1) is 17.7. The highest BCUT2D eigenvalue weighted by Crippen LogP contribution is 2.29. The highest BCUT2D eigenvalue weighted by atomic mass is 32.2. The van der Waals surface area contributed by atoms with E-state index in [0.717, 1.165) is 23.0 Å². The molecule has 2 heterocycles. The molecule has 1 aliphatic heterocycles. The predicted molar refractivity (Wildman–Crippen MR) is 108 cm³/mol. The van der Waals surface area contributed by atoms with Crippen LogP contribution in [0.1, 0.15) is 18.9 Å². The molecule has 140 valence electrons. The summed E-state index contributed by atoms with van der Waals surface area (Å²) in [6, 6.07) is 14.4. The highest BCUT2D eigenvalue weighted by Gasteiger charge is 2.32. The molecule has 0 saturated carbocycles. The number of sulfone groups is 1. The van der Waals surface area contributed by atoms with Crippen LogP contribution in [-0.4, -0.2) is 36.6 Å². The third-order valence-electron chi connectivity index (χ3n) is 5.10. The molecule has 1 aliphatic rings. The van der Waals surface area contributed by atoms with Gasteiger partial charge in [0.1, 0.15) is 0 Å². The van der Waals surface area contributed by atoms with Crippen molar-refractivity contribution in [3.63, 3.8) is 0 Å². The van der Waals surface area contributed by atoms with Crippen LogP contribution >= 0.6 is 0 Å². The number of nitrogens with one attached hydrogen (secondary N) is 1.